The molecule has 0 aromatic heterocycles. The van der Waals surface area contributed by atoms with Gasteiger partial charge in [-0.1, -0.05) is 19.1 Å². The first-order chi connectivity index (χ1) is 9.10. The molecular weight excluding hydrogens is 241 g/mol. The zero-order valence-electron chi connectivity index (χ0n) is 11.5. The molecule has 1 aliphatic rings. The fraction of sp³-hybridized carbons (Fsp3) is 0.533. The van der Waals surface area contributed by atoms with Crippen molar-refractivity contribution >= 4 is 5.84 Å². The highest BCUT2D eigenvalue weighted by Gasteiger charge is 2.24. The lowest BCUT2D eigenvalue weighted by Gasteiger charge is -2.22. The summed E-state index contributed by atoms with van der Waals surface area (Å²) in [4.78, 5) is 2.32. The quantitative estimate of drug-likeness (QED) is 0.587. The van der Waals surface area contributed by atoms with Crippen LogP contribution < -0.4 is 5.73 Å². The van der Waals surface area contributed by atoms with Gasteiger partial charge in [0.1, 0.15) is 11.7 Å². The minimum absolute atomic E-state index is 0.0890. The maximum Gasteiger partial charge on any atom is 0.128 e. The van der Waals surface area contributed by atoms with E-state index in [1.807, 2.05) is 0 Å². The standard InChI is InChI=1S/C15H22FN3/c1-2-7-19(9-11-3-4-11)10-13-6-5-12(15(17)18)8-14(13)16/h5-6,8,11H,2-4,7,9-10H2,1H3,(H3,17,18). The van der Waals surface area contributed by atoms with Crippen molar-refractivity contribution in [3.05, 3.63) is 35.1 Å². The van der Waals surface area contributed by atoms with Gasteiger partial charge in [0.05, 0.1) is 0 Å². The first-order valence-corrected chi connectivity index (χ1v) is 6.95. The van der Waals surface area contributed by atoms with Gasteiger partial charge in [-0.25, -0.2) is 4.39 Å². The predicted octanol–water partition coefficient (Wildman–Crippen LogP) is 2.73. The lowest BCUT2D eigenvalue weighted by Crippen LogP contribution is -2.27. The van der Waals surface area contributed by atoms with Crippen LogP contribution in [0.25, 0.3) is 0 Å². The summed E-state index contributed by atoms with van der Waals surface area (Å²) < 4.78 is 14.0. The third kappa shape index (κ3) is 4.03. The normalized spacial score (nSPS) is 14.9. The Morgan fingerprint density at radius 2 is 2.21 bits per heavy atom. The van der Waals surface area contributed by atoms with E-state index < -0.39 is 0 Å². The minimum Gasteiger partial charge on any atom is -0.384 e. The van der Waals surface area contributed by atoms with E-state index in [1.54, 1.807) is 12.1 Å². The lowest BCUT2D eigenvalue weighted by atomic mass is 10.1. The van der Waals surface area contributed by atoms with Gasteiger partial charge < -0.3 is 5.73 Å². The third-order valence-electron chi connectivity index (χ3n) is 3.51. The van der Waals surface area contributed by atoms with Gasteiger partial charge in [-0.3, -0.25) is 10.3 Å². The summed E-state index contributed by atoms with van der Waals surface area (Å²) in [5, 5.41) is 7.31. The van der Waals surface area contributed by atoms with E-state index in [0.717, 1.165) is 25.4 Å². The number of hydrogen-bond donors (Lipinski definition) is 2. The molecule has 3 N–H and O–H groups in total. The number of nitrogens with two attached hydrogens (primary N) is 1. The Balaban J connectivity index is 2.04. The fourth-order valence-electron chi connectivity index (χ4n) is 2.30. The highest BCUT2D eigenvalue weighted by atomic mass is 19.1. The van der Waals surface area contributed by atoms with E-state index in [1.165, 1.54) is 18.9 Å². The molecule has 1 fully saturated rings. The minimum atomic E-state index is -0.260. The van der Waals surface area contributed by atoms with Crippen LogP contribution in [0.15, 0.2) is 18.2 Å². The van der Waals surface area contributed by atoms with Crippen LogP contribution in [-0.4, -0.2) is 23.8 Å². The third-order valence-corrected chi connectivity index (χ3v) is 3.51. The second-order valence-corrected chi connectivity index (χ2v) is 5.40. The van der Waals surface area contributed by atoms with E-state index >= 15 is 0 Å². The number of nitrogen functional groups attached to an aromatic ring is 1. The largest absolute Gasteiger partial charge is 0.384 e. The number of hydrogen-bond acceptors (Lipinski definition) is 2. The van der Waals surface area contributed by atoms with Gasteiger partial charge in [0.25, 0.3) is 0 Å². The van der Waals surface area contributed by atoms with Crippen molar-refractivity contribution < 1.29 is 4.39 Å². The number of nitrogens with one attached hydrogen (secondary N) is 1. The molecule has 19 heavy (non-hydrogen) atoms. The molecule has 0 aliphatic heterocycles. The Hall–Kier alpha value is -1.42. The molecule has 0 spiro atoms. The molecule has 1 aliphatic carbocycles. The average Bonchev–Trinajstić information content (AvgIpc) is 3.15. The topological polar surface area (TPSA) is 53.1 Å². The maximum absolute atomic E-state index is 14.0. The van der Waals surface area contributed by atoms with Crippen LogP contribution in [0, 0.1) is 17.1 Å². The molecule has 1 aromatic carbocycles. The van der Waals surface area contributed by atoms with E-state index in [2.05, 4.69) is 11.8 Å². The fourth-order valence-corrected chi connectivity index (χ4v) is 2.30. The Labute approximate surface area is 114 Å². The molecule has 0 amide bonds. The molecule has 104 valence electrons. The number of nitrogens with zero attached hydrogens (tertiary/aromatic N) is 1. The smallest absolute Gasteiger partial charge is 0.128 e. The van der Waals surface area contributed by atoms with Crippen LogP contribution in [0.2, 0.25) is 0 Å². The van der Waals surface area contributed by atoms with Gasteiger partial charge in [0.2, 0.25) is 0 Å². The number of amidine groups is 1. The molecule has 1 saturated carbocycles. The SMILES string of the molecule is CCCN(Cc1ccc(C(=N)N)cc1F)CC1CC1. The Bertz CT molecular complexity index is 455. The summed E-state index contributed by atoms with van der Waals surface area (Å²) in [5.74, 6) is 0.463. The van der Waals surface area contributed by atoms with Crippen molar-refractivity contribution in [3.8, 4) is 0 Å². The van der Waals surface area contributed by atoms with Crippen molar-refractivity contribution in [1.82, 2.24) is 4.90 Å². The Morgan fingerprint density at radius 1 is 1.47 bits per heavy atom. The van der Waals surface area contributed by atoms with Crippen molar-refractivity contribution in [2.45, 2.75) is 32.7 Å². The summed E-state index contributed by atoms with van der Waals surface area (Å²) in [6.45, 7) is 4.87. The molecule has 0 unspecified atom stereocenters. The lowest BCUT2D eigenvalue weighted by molar-refractivity contribution is 0.251. The van der Waals surface area contributed by atoms with Crippen LogP contribution in [0.1, 0.15) is 37.3 Å². The van der Waals surface area contributed by atoms with E-state index in [9.17, 15) is 4.39 Å². The summed E-state index contributed by atoms with van der Waals surface area (Å²) in [6, 6.07) is 4.84. The molecule has 0 saturated heterocycles. The van der Waals surface area contributed by atoms with Gasteiger partial charge in [0.15, 0.2) is 0 Å². The second kappa shape index (κ2) is 6.15. The predicted molar refractivity (Wildman–Crippen MR) is 75.7 cm³/mol. The summed E-state index contributed by atoms with van der Waals surface area (Å²) >= 11 is 0. The Kier molecular flexibility index (Phi) is 4.53. The molecule has 2 rings (SSSR count). The van der Waals surface area contributed by atoms with Crippen molar-refractivity contribution in [3.63, 3.8) is 0 Å². The van der Waals surface area contributed by atoms with Gasteiger partial charge >= 0.3 is 0 Å². The van der Waals surface area contributed by atoms with E-state index in [-0.39, 0.29) is 11.7 Å². The van der Waals surface area contributed by atoms with Gasteiger partial charge in [-0.15, -0.1) is 0 Å². The second-order valence-electron chi connectivity index (χ2n) is 5.40. The number of halogens is 1. The summed E-state index contributed by atoms with van der Waals surface area (Å²) in [7, 11) is 0. The molecule has 0 bridgehead atoms. The first kappa shape index (κ1) is 14.0. The maximum atomic E-state index is 14.0. The molecule has 0 atom stereocenters. The molecular formula is C15H22FN3. The molecule has 4 heteroatoms. The van der Waals surface area contributed by atoms with Crippen LogP contribution in [0.3, 0.4) is 0 Å². The molecule has 0 heterocycles. The number of rotatable bonds is 7. The van der Waals surface area contributed by atoms with Gasteiger partial charge in [-0.05, 0) is 37.8 Å². The van der Waals surface area contributed by atoms with E-state index in [0.29, 0.717) is 17.7 Å². The van der Waals surface area contributed by atoms with Gasteiger partial charge in [0, 0.05) is 24.2 Å². The highest BCUT2D eigenvalue weighted by molar-refractivity contribution is 5.94. The van der Waals surface area contributed by atoms with Crippen molar-refractivity contribution in [1.29, 1.82) is 5.41 Å². The van der Waals surface area contributed by atoms with Crippen LogP contribution >= 0.6 is 0 Å². The first-order valence-electron chi connectivity index (χ1n) is 6.95. The summed E-state index contributed by atoms with van der Waals surface area (Å²) in [5.41, 5.74) is 6.51. The molecule has 3 nitrogen and oxygen atoms in total. The number of benzene rings is 1. The highest BCUT2D eigenvalue weighted by Crippen LogP contribution is 2.30. The monoisotopic (exact) mass is 263 g/mol. The zero-order chi connectivity index (χ0) is 13.8. The Morgan fingerprint density at radius 3 is 2.74 bits per heavy atom. The van der Waals surface area contributed by atoms with Gasteiger partial charge in [-0.2, -0.15) is 0 Å². The van der Waals surface area contributed by atoms with E-state index in [4.69, 9.17) is 11.1 Å². The van der Waals surface area contributed by atoms with Crippen molar-refractivity contribution in [2.24, 2.45) is 11.7 Å². The average molecular weight is 263 g/mol. The van der Waals surface area contributed by atoms with Crippen LogP contribution in [0.4, 0.5) is 4.39 Å². The molecule has 0 radical (unpaired) electrons. The van der Waals surface area contributed by atoms with Crippen molar-refractivity contribution in [2.75, 3.05) is 13.1 Å². The van der Waals surface area contributed by atoms with Crippen LogP contribution in [-0.2, 0) is 6.54 Å². The zero-order valence-corrected chi connectivity index (χ0v) is 11.5. The summed E-state index contributed by atoms with van der Waals surface area (Å²) in [6.07, 6.45) is 3.71. The van der Waals surface area contributed by atoms with Crippen LogP contribution in [0.5, 0.6) is 0 Å². The molecule has 1 aromatic rings.